The highest BCUT2D eigenvalue weighted by Gasteiger charge is 2.67. The Labute approximate surface area is 177 Å². The third-order valence-electron chi connectivity index (χ3n) is 6.94. The Morgan fingerprint density at radius 3 is 2.67 bits per heavy atom. The van der Waals surface area contributed by atoms with Gasteiger partial charge in [-0.1, -0.05) is 12.2 Å². The summed E-state index contributed by atoms with van der Waals surface area (Å²) < 4.78 is 11.6. The van der Waals surface area contributed by atoms with Gasteiger partial charge in [-0.25, -0.2) is 0 Å². The number of likely N-dealkylation sites (tertiary alicyclic amines) is 1. The molecular formula is C23H31N3O4. The van der Waals surface area contributed by atoms with Gasteiger partial charge < -0.3 is 24.7 Å². The van der Waals surface area contributed by atoms with Crippen molar-refractivity contribution in [2.45, 2.75) is 75.9 Å². The monoisotopic (exact) mass is 413 g/mol. The molecule has 4 aliphatic rings. The first kappa shape index (κ1) is 19.8. The van der Waals surface area contributed by atoms with Crippen molar-refractivity contribution >= 4 is 11.8 Å². The third-order valence-corrected chi connectivity index (χ3v) is 6.94. The van der Waals surface area contributed by atoms with E-state index in [0.29, 0.717) is 13.1 Å². The van der Waals surface area contributed by atoms with Crippen molar-refractivity contribution in [2.24, 2.45) is 11.8 Å². The molecule has 5 rings (SSSR count). The quantitative estimate of drug-likeness (QED) is 0.738. The van der Waals surface area contributed by atoms with Crippen LogP contribution in [0.4, 0.5) is 0 Å². The summed E-state index contributed by atoms with van der Waals surface area (Å²) in [7, 11) is 0. The second kappa shape index (κ2) is 6.44. The minimum atomic E-state index is -0.691. The van der Waals surface area contributed by atoms with Crippen molar-refractivity contribution in [3.63, 3.8) is 0 Å². The van der Waals surface area contributed by atoms with Crippen LogP contribution in [0.25, 0.3) is 0 Å². The van der Waals surface area contributed by atoms with Crippen molar-refractivity contribution in [3.8, 4) is 0 Å². The molecule has 0 aliphatic carbocycles. The van der Waals surface area contributed by atoms with Crippen molar-refractivity contribution in [1.29, 1.82) is 0 Å². The van der Waals surface area contributed by atoms with E-state index in [4.69, 9.17) is 9.15 Å². The van der Waals surface area contributed by atoms with E-state index in [9.17, 15) is 9.59 Å². The molecule has 4 aliphatic heterocycles. The second-order valence-corrected chi connectivity index (χ2v) is 10.7. The number of nitrogens with zero attached hydrogens (tertiary/aromatic N) is 1. The van der Waals surface area contributed by atoms with Gasteiger partial charge in [0.25, 0.3) is 0 Å². The van der Waals surface area contributed by atoms with E-state index in [1.165, 1.54) is 0 Å². The van der Waals surface area contributed by atoms with Gasteiger partial charge in [-0.05, 0) is 52.7 Å². The topological polar surface area (TPSA) is 83.8 Å². The highest BCUT2D eigenvalue weighted by molar-refractivity contribution is 5.93. The van der Waals surface area contributed by atoms with Crippen LogP contribution in [0.15, 0.2) is 35.0 Å². The van der Waals surface area contributed by atoms with Gasteiger partial charge >= 0.3 is 0 Å². The lowest BCUT2D eigenvalue weighted by Crippen LogP contribution is -2.62. The molecule has 7 nitrogen and oxygen atoms in total. The van der Waals surface area contributed by atoms with Crippen LogP contribution in [-0.4, -0.2) is 52.1 Å². The summed E-state index contributed by atoms with van der Waals surface area (Å²) >= 11 is 0. The number of nitrogens with one attached hydrogen (secondary N) is 2. The Morgan fingerprint density at radius 1 is 1.27 bits per heavy atom. The molecule has 30 heavy (non-hydrogen) atoms. The van der Waals surface area contributed by atoms with E-state index in [0.717, 1.165) is 18.6 Å². The van der Waals surface area contributed by atoms with E-state index >= 15 is 0 Å². The van der Waals surface area contributed by atoms with Crippen molar-refractivity contribution in [3.05, 3.63) is 36.3 Å². The minimum Gasteiger partial charge on any atom is -0.467 e. The maximum atomic E-state index is 13.4. The highest BCUT2D eigenvalue weighted by atomic mass is 16.5. The number of rotatable bonds is 4. The Hall–Kier alpha value is -2.12. The van der Waals surface area contributed by atoms with Crippen LogP contribution in [0.5, 0.6) is 0 Å². The molecule has 1 aromatic heterocycles. The van der Waals surface area contributed by atoms with E-state index in [1.54, 1.807) is 11.2 Å². The molecule has 2 amide bonds. The predicted octanol–water partition coefficient (Wildman–Crippen LogP) is 1.99. The second-order valence-electron chi connectivity index (χ2n) is 10.7. The fourth-order valence-corrected chi connectivity index (χ4v) is 6.32. The largest absolute Gasteiger partial charge is 0.467 e. The molecule has 0 aromatic carbocycles. The lowest BCUT2D eigenvalue weighted by molar-refractivity contribution is -0.138. The fraction of sp³-hybridized carbons (Fsp3) is 0.652. The molecule has 0 saturated carbocycles. The molecular weight excluding hydrogens is 382 g/mol. The summed E-state index contributed by atoms with van der Waals surface area (Å²) in [5.41, 5.74) is -0.812. The molecule has 0 radical (unpaired) electrons. The number of hydrogen-bond acceptors (Lipinski definition) is 5. The molecule has 3 fully saturated rings. The highest BCUT2D eigenvalue weighted by Crippen LogP contribution is 2.52. The molecule has 2 N–H and O–H groups in total. The van der Waals surface area contributed by atoms with Crippen LogP contribution in [-0.2, 0) is 20.9 Å². The normalized spacial score (nSPS) is 36.3. The van der Waals surface area contributed by atoms with Crippen LogP contribution in [0.2, 0.25) is 0 Å². The van der Waals surface area contributed by atoms with Crippen LogP contribution in [0.3, 0.4) is 0 Å². The number of piperidine rings is 1. The lowest BCUT2D eigenvalue weighted by atomic mass is 9.75. The smallest absolute Gasteiger partial charge is 0.230 e. The van der Waals surface area contributed by atoms with Gasteiger partial charge in [0.05, 0.1) is 37.3 Å². The van der Waals surface area contributed by atoms with Crippen molar-refractivity contribution in [2.75, 3.05) is 6.54 Å². The van der Waals surface area contributed by atoms with E-state index in [2.05, 4.69) is 38.3 Å². The van der Waals surface area contributed by atoms with Crippen LogP contribution in [0.1, 0.15) is 46.3 Å². The first-order chi connectivity index (χ1) is 14.1. The Kier molecular flexibility index (Phi) is 4.25. The average molecular weight is 414 g/mol. The first-order valence-electron chi connectivity index (χ1n) is 10.9. The summed E-state index contributed by atoms with van der Waals surface area (Å²) in [5, 5.41) is 6.91. The molecule has 162 valence electrons. The number of hydrogen-bond donors (Lipinski definition) is 2. The standard InChI is InChI=1S/C23H31N3O4/c1-21(2)10-14(11-22(3,4)25-21)24-19(27)17-16-7-8-23(30-16)13-26(20(28)18(17)23)12-15-6-5-9-29-15/h5-9,14,16-18,25H,10-13H2,1-4H3,(H,24,27)/t16-,17+,18+,23-/m1/s1. The molecule has 1 spiro atoms. The van der Waals surface area contributed by atoms with Crippen LogP contribution >= 0.6 is 0 Å². The maximum Gasteiger partial charge on any atom is 0.230 e. The molecule has 0 unspecified atom stereocenters. The number of fused-ring (bicyclic) bond motifs is 1. The summed E-state index contributed by atoms with van der Waals surface area (Å²) in [6.07, 6.45) is 6.93. The number of ether oxygens (including phenoxy) is 1. The predicted molar refractivity (Wildman–Crippen MR) is 110 cm³/mol. The summed E-state index contributed by atoms with van der Waals surface area (Å²) in [6, 6.07) is 3.74. The molecule has 7 heteroatoms. The van der Waals surface area contributed by atoms with Gasteiger partial charge in [-0.15, -0.1) is 0 Å². The Morgan fingerprint density at radius 2 is 2.00 bits per heavy atom. The third kappa shape index (κ3) is 3.19. The van der Waals surface area contributed by atoms with E-state index in [-0.39, 0.29) is 35.0 Å². The zero-order valence-corrected chi connectivity index (χ0v) is 18.1. The lowest BCUT2D eigenvalue weighted by Gasteiger charge is -2.47. The van der Waals surface area contributed by atoms with E-state index < -0.39 is 17.4 Å². The van der Waals surface area contributed by atoms with Gasteiger partial charge in [0.1, 0.15) is 11.4 Å². The maximum absolute atomic E-state index is 13.4. The van der Waals surface area contributed by atoms with Crippen LogP contribution < -0.4 is 10.6 Å². The molecule has 5 heterocycles. The number of carbonyl (C=O) groups is 2. The summed E-state index contributed by atoms with van der Waals surface area (Å²) in [4.78, 5) is 28.4. The van der Waals surface area contributed by atoms with Crippen molar-refractivity contribution < 1.29 is 18.7 Å². The SMILES string of the molecule is CC1(C)CC(NC(=O)[C@@H]2[C@H]3C(=O)N(Cc4ccco4)C[C@]34C=C[C@H]2O4)CC(C)(C)N1. The van der Waals surface area contributed by atoms with Crippen molar-refractivity contribution in [1.82, 2.24) is 15.5 Å². The molecule has 3 saturated heterocycles. The molecule has 4 atom stereocenters. The van der Waals surface area contributed by atoms with Gasteiger partial charge in [0.2, 0.25) is 11.8 Å². The van der Waals surface area contributed by atoms with Gasteiger partial charge in [-0.3, -0.25) is 9.59 Å². The first-order valence-corrected chi connectivity index (χ1v) is 10.9. The fourth-order valence-electron chi connectivity index (χ4n) is 6.32. The summed E-state index contributed by atoms with van der Waals surface area (Å²) in [5.74, 6) is -0.305. The minimum absolute atomic E-state index is 0.0237. The Balaban J connectivity index is 1.33. The van der Waals surface area contributed by atoms with Crippen LogP contribution in [0, 0.1) is 11.8 Å². The number of amides is 2. The van der Waals surface area contributed by atoms with Gasteiger partial charge in [0.15, 0.2) is 0 Å². The zero-order chi connectivity index (χ0) is 21.3. The summed E-state index contributed by atoms with van der Waals surface area (Å²) in [6.45, 7) is 9.52. The number of carbonyl (C=O) groups excluding carboxylic acids is 2. The average Bonchev–Trinajstić information content (AvgIpc) is 3.35. The van der Waals surface area contributed by atoms with Gasteiger partial charge in [0, 0.05) is 17.1 Å². The van der Waals surface area contributed by atoms with E-state index in [1.807, 2.05) is 24.3 Å². The molecule has 2 bridgehead atoms. The molecule has 1 aromatic rings. The Bertz CT molecular complexity index is 874. The number of furan rings is 1. The van der Waals surface area contributed by atoms with Gasteiger partial charge in [-0.2, -0.15) is 0 Å². The zero-order valence-electron chi connectivity index (χ0n) is 18.1.